The summed E-state index contributed by atoms with van der Waals surface area (Å²) in [6.45, 7) is 4.60. The summed E-state index contributed by atoms with van der Waals surface area (Å²) < 4.78 is 2.39. The monoisotopic (exact) mass is 587 g/mol. The molecule has 0 aromatic heterocycles. The van der Waals surface area contributed by atoms with Crippen molar-refractivity contribution in [2.45, 2.75) is 37.5 Å². The molecular formula is C43H43N2+. The Hall–Kier alpha value is -4.95. The molecule has 2 heterocycles. The lowest BCUT2D eigenvalue weighted by Gasteiger charge is -2.28. The zero-order chi connectivity index (χ0) is 31.3. The van der Waals surface area contributed by atoms with Crippen LogP contribution >= 0.6 is 0 Å². The molecule has 6 rings (SSSR count). The van der Waals surface area contributed by atoms with Crippen molar-refractivity contribution < 1.29 is 4.58 Å². The summed E-state index contributed by atoms with van der Waals surface area (Å²) in [4.78, 5) is 2.31. The van der Waals surface area contributed by atoms with Gasteiger partial charge in [-0.1, -0.05) is 153 Å². The van der Waals surface area contributed by atoms with Crippen LogP contribution in [0, 0.1) is 0 Å². The first-order valence-corrected chi connectivity index (χ1v) is 15.9. The number of nitrogens with zero attached hydrogens (tertiary/aromatic N) is 2. The maximum Gasteiger partial charge on any atom is 0.209 e. The van der Waals surface area contributed by atoms with Crippen molar-refractivity contribution in [1.29, 1.82) is 0 Å². The first-order chi connectivity index (χ1) is 21.9. The Morgan fingerprint density at radius 2 is 1.11 bits per heavy atom. The summed E-state index contributed by atoms with van der Waals surface area (Å²) in [7, 11) is 4.37. The summed E-state index contributed by atoms with van der Waals surface area (Å²) in [6.07, 6.45) is 21.3. The van der Waals surface area contributed by atoms with E-state index in [0.717, 1.165) is 12.8 Å². The van der Waals surface area contributed by atoms with E-state index in [0.29, 0.717) is 0 Å². The molecule has 0 fully saturated rings. The number of hydrogen-bond donors (Lipinski definition) is 0. The zero-order valence-corrected chi connectivity index (χ0v) is 26.9. The molecule has 2 heteroatoms. The van der Waals surface area contributed by atoms with Gasteiger partial charge >= 0.3 is 0 Å². The van der Waals surface area contributed by atoms with E-state index in [1.54, 1.807) is 0 Å². The molecule has 45 heavy (non-hydrogen) atoms. The van der Waals surface area contributed by atoms with Crippen LogP contribution < -0.4 is 4.90 Å². The van der Waals surface area contributed by atoms with Gasteiger partial charge in [-0.25, -0.2) is 0 Å². The fourth-order valence-electron chi connectivity index (χ4n) is 7.27. The first kappa shape index (κ1) is 30.1. The average molecular weight is 588 g/mol. The largest absolute Gasteiger partial charge is 0.347 e. The normalized spacial score (nSPS) is 17.9. The van der Waals surface area contributed by atoms with Crippen LogP contribution in [0.5, 0.6) is 0 Å². The van der Waals surface area contributed by atoms with E-state index in [4.69, 9.17) is 0 Å². The van der Waals surface area contributed by atoms with Crippen molar-refractivity contribution in [3.8, 4) is 0 Å². The van der Waals surface area contributed by atoms with Crippen molar-refractivity contribution in [3.63, 3.8) is 0 Å². The molecule has 0 amide bonds. The molecule has 0 bridgehead atoms. The van der Waals surface area contributed by atoms with Crippen molar-refractivity contribution in [2.75, 3.05) is 19.0 Å². The molecule has 0 saturated carbocycles. The molecule has 0 N–H and O–H groups in total. The summed E-state index contributed by atoms with van der Waals surface area (Å²) in [5.41, 5.74) is 10.5. The minimum Gasteiger partial charge on any atom is -0.347 e. The Morgan fingerprint density at radius 3 is 1.73 bits per heavy atom. The topological polar surface area (TPSA) is 6.25 Å². The summed E-state index contributed by atoms with van der Waals surface area (Å²) in [5.74, 6) is 0. The highest BCUT2D eigenvalue weighted by molar-refractivity contribution is 6.04. The third-order valence-electron chi connectivity index (χ3n) is 9.45. The van der Waals surface area contributed by atoms with Gasteiger partial charge in [0, 0.05) is 41.6 Å². The van der Waals surface area contributed by atoms with Crippen LogP contribution in [0.2, 0.25) is 0 Å². The Kier molecular flexibility index (Phi) is 8.67. The van der Waals surface area contributed by atoms with Crippen LogP contribution in [0.15, 0.2) is 170 Å². The molecule has 0 atom stereocenters. The molecule has 0 radical (unpaired) electrons. The van der Waals surface area contributed by atoms with Gasteiger partial charge in [-0.05, 0) is 41.7 Å². The molecule has 224 valence electrons. The quantitative estimate of drug-likeness (QED) is 0.140. The predicted octanol–water partition coefficient (Wildman–Crippen LogP) is 9.67. The Morgan fingerprint density at radius 1 is 0.600 bits per heavy atom. The minimum atomic E-state index is -0.175. The fraction of sp³-hybridized carbons (Fsp3) is 0.186. The molecule has 0 aliphatic carbocycles. The summed E-state index contributed by atoms with van der Waals surface area (Å²) >= 11 is 0. The van der Waals surface area contributed by atoms with E-state index < -0.39 is 0 Å². The number of rotatable bonds is 9. The van der Waals surface area contributed by atoms with E-state index in [1.807, 2.05) is 0 Å². The molecular weight excluding hydrogens is 544 g/mol. The zero-order valence-electron chi connectivity index (χ0n) is 26.9. The predicted molar refractivity (Wildman–Crippen MR) is 192 cm³/mol. The van der Waals surface area contributed by atoms with Crippen molar-refractivity contribution >= 4 is 17.1 Å². The Balaban J connectivity index is 1.22. The molecule has 0 spiro atoms. The number of para-hydroxylation sites is 2. The van der Waals surface area contributed by atoms with Crippen molar-refractivity contribution in [3.05, 3.63) is 192 Å². The lowest BCUT2D eigenvalue weighted by atomic mass is 9.69. The number of hydrogen-bond acceptors (Lipinski definition) is 1. The van der Waals surface area contributed by atoms with Crippen LogP contribution in [0.1, 0.15) is 36.1 Å². The van der Waals surface area contributed by atoms with Crippen LogP contribution in [0.25, 0.3) is 0 Å². The van der Waals surface area contributed by atoms with Gasteiger partial charge in [0.05, 0.1) is 5.41 Å². The molecule has 4 aromatic carbocycles. The molecule has 0 saturated heterocycles. The van der Waals surface area contributed by atoms with E-state index in [1.165, 1.54) is 45.0 Å². The van der Waals surface area contributed by atoms with E-state index >= 15 is 0 Å². The van der Waals surface area contributed by atoms with E-state index in [-0.39, 0.29) is 10.8 Å². The smallest absolute Gasteiger partial charge is 0.209 e. The number of benzene rings is 4. The lowest BCUT2D eigenvalue weighted by Crippen LogP contribution is -2.38. The highest BCUT2D eigenvalue weighted by Crippen LogP contribution is 2.47. The third kappa shape index (κ3) is 5.93. The SMILES string of the molecule is CN1/C(=C/C=C/C=C/C=C/C=C/C2=[N+](C)c3ccccc3C2(Cc2ccccc2)Cc2ccccc2)C(C)(C)c2ccccc21. The number of allylic oxidation sites excluding steroid dienone is 10. The second kappa shape index (κ2) is 13.0. The molecule has 0 unspecified atom stereocenters. The average Bonchev–Trinajstić information content (AvgIpc) is 3.40. The summed E-state index contributed by atoms with van der Waals surface area (Å²) in [5, 5.41) is 0. The molecule has 4 aromatic rings. The Bertz CT molecular complexity index is 1790. The van der Waals surface area contributed by atoms with Gasteiger partial charge in [-0.15, -0.1) is 0 Å². The van der Waals surface area contributed by atoms with Gasteiger partial charge < -0.3 is 4.90 Å². The highest BCUT2D eigenvalue weighted by atomic mass is 15.2. The van der Waals surface area contributed by atoms with Crippen LogP contribution in [-0.4, -0.2) is 24.4 Å². The molecule has 2 aliphatic rings. The molecule has 2 nitrogen and oxygen atoms in total. The van der Waals surface area contributed by atoms with E-state index in [9.17, 15) is 0 Å². The maximum atomic E-state index is 2.39. The van der Waals surface area contributed by atoms with Crippen LogP contribution in [-0.2, 0) is 23.7 Å². The van der Waals surface area contributed by atoms with Crippen molar-refractivity contribution in [1.82, 2.24) is 0 Å². The highest BCUT2D eigenvalue weighted by Gasteiger charge is 2.50. The van der Waals surface area contributed by atoms with Gasteiger partial charge in [-0.3, -0.25) is 0 Å². The number of fused-ring (bicyclic) bond motifs is 2. The molecule has 2 aliphatic heterocycles. The number of likely N-dealkylation sites (N-methyl/N-ethyl adjacent to an activating group) is 1. The van der Waals surface area contributed by atoms with Gasteiger partial charge in [0.2, 0.25) is 5.69 Å². The fourth-order valence-corrected chi connectivity index (χ4v) is 7.27. The minimum absolute atomic E-state index is 0.00886. The number of anilines is 1. The van der Waals surface area contributed by atoms with Crippen LogP contribution in [0.4, 0.5) is 11.4 Å². The van der Waals surface area contributed by atoms with Crippen LogP contribution in [0.3, 0.4) is 0 Å². The Labute approximate surface area is 269 Å². The van der Waals surface area contributed by atoms with Gasteiger partial charge in [0.15, 0.2) is 5.71 Å². The summed E-state index contributed by atoms with van der Waals surface area (Å²) in [6, 6.07) is 39.4. The van der Waals surface area contributed by atoms with Crippen molar-refractivity contribution in [2.24, 2.45) is 0 Å². The van der Waals surface area contributed by atoms with Gasteiger partial charge in [-0.2, -0.15) is 4.58 Å². The second-order valence-electron chi connectivity index (χ2n) is 12.6. The van der Waals surface area contributed by atoms with Gasteiger partial charge in [0.25, 0.3) is 0 Å². The third-order valence-corrected chi connectivity index (χ3v) is 9.45. The second-order valence-corrected chi connectivity index (χ2v) is 12.6. The standard InChI is InChI=1S/C43H43N2/c1-42(2)36-26-18-20-28-38(36)44(3)40(42)30-16-8-6-5-7-9-17-31-41-43(32-34-22-12-10-13-23-34,33-35-24-14-11-15-25-35)37-27-19-21-29-39(37)45(41)4/h5-31H,32-33H2,1-4H3/q+1. The van der Waals surface area contributed by atoms with E-state index in [2.05, 4.69) is 201 Å². The lowest BCUT2D eigenvalue weighted by molar-refractivity contribution is -0.401. The first-order valence-electron chi connectivity index (χ1n) is 15.9. The van der Waals surface area contributed by atoms with Gasteiger partial charge in [0.1, 0.15) is 7.05 Å². The maximum absolute atomic E-state index is 2.39.